The summed E-state index contributed by atoms with van der Waals surface area (Å²) >= 11 is 0. The Morgan fingerprint density at radius 3 is 2.30 bits per heavy atom. The molecule has 4 heterocycles. The van der Waals surface area contributed by atoms with Gasteiger partial charge in [0.05, 0.1) is 34.7 Å². The first-order valence-corrected chi connectivity index (χ1v) is 11.9. The van der Waals surface area contributed by atoms with Crippen molar-refractivity contribution in [2.45, 2.75) is 70.3 Å². The van der Waals surface area contributed by atoms with Gasteiger partial charge in [0, 0.05) is 24.2 Å². The Morgan fingerprint density at radius 1 is 1.05 bits per heavy atom. The number of benzene rings is 1. The van der Waals surface area contributed by atoms with Gasteiger partial charge in [0.1, 0.15) is 0 Å². The van der Waals surface area contributed by atoms with E-state index in [1.54, 1.807) is 27.8 Å². The minimum Gasteiger partial charge on any atom is -0.327 e. The van der Waals surface area contributed by atoms with Crippen LogP contribution in [0.3, 0.4) is 0 Å². The molecule has 12 heteroatoms. The minimum absolute atomic E-state index is 0.0938. The van der Waals surface area contributed by atoms with Gasteiger partial charge in [-0.3, -0.25) is 14.2 Å². The van der Waals surface area contributed by atoms with Crippen molar-refractivity contribution in [3.63, 3.8) is 0 Å². The molecule has 0 aliphatic carbocycles. The van der Waals surface area contributed by atoms with E-state index in [1.807, 2.05) is 0 Å². The fourth-order valence-electron chi connectivity index (χ4n) is 5.63. The van der Waals surface area contributed by atoms with E-state index in [1.165, 1.54) is 9.58 Å². The molecule has 0 N–H and O–H groups in total. The zero-order valence-corrected chi connectivity index (χ0v) is 20.6. The van der Waals surface area contributed by atoms with E-state index in [4.69, 9.17) is 0 Å². The predicted molar refractivity (Wildman–Crippen MR) is 121 cm³/mol. The van der Waals surface area contributed by atoms with Gasteiger partial charge in [-0.25, -0.2) is 13.2 Å². The van der Waals surface area contributed by atoms with Crippen LogP contribution >= 0.6 is 0 Å². The van der Waals surface area contributed by atoms with E-state index in [-0.39, 0.29) is 12.0 Å². The van der Waals surface area contributed by atoms with Crippen LogP contribution in [0.4, 0.5) is 26.3 Å². The Hall–Kier alpha value is -3.31. The number of hydrogen-bond donors (Lipinski definition) is 0. The normalized spacial score (nSPS) is 19.8. The summed E-state index contributed by atoms with van der Waals surface area (Å²) in [6, 6.07) is 0.707. The number of hydrogen-bond acceptors (Lipinski definition) is 3. The summed E-state index contributed by atoms with van der Waals surface area (Å²) in [5.74, 6) is -5.04. The largest absolute Gasteiger partial charge is 0.433 e. The number of carbonyl (C=O) groups is 1. The highest BCUT2D eigenvalue weighted by Crippen LogP contribution is 2.46. The Kier molecular flexibility index (Phi) is 5.72. The average Bonchev–Trinajstić information content (AvgIpc) is 3.38. The second-order valence-electron chi connectivity index (χ2n) is 10.6. The number of rotatable bonds is 2. The topological polar surface area (TPSA) is 56.0 Å². The van der Waals surface area contributed by atoms with Crippen molar-refractivity contribution in [3.05, 3.63) is 58.3 Å². The lowest BCUT2D eigenvalue weighted by Gasteiger charge is -2.45. The summed E-state index contributed by atoms with van der Waals surface area (Å²) in [6.45, 7) is 4.71. The number of carbonyl (C=O) groups excluding carboxylic acids is 1. The third-order valence-electron chi connectivity index (χ3n) is 7.07. The molecular weight excluding hydrogens is 500 g/mol. The molecule has 3 aromatic rings. The van der Waals surface area contributed by atoms with E-state index in [2.05, 4.69) is 10.2 Å². The molecule has 37 heavy (non-hydrogen) atoms. The third kappa shape index (κ3) is 4.00. The molecule has 5 rings (SSSR count). The smallest absolute Gasteiger partial charge is 0.327 e. The number of piperidine rings is 1. The highest BCUT2D eigenvalue weighted by Gasteiger charge is 2.48. The van der Waals surface area contributed by atoms with Crippen LogP contribution in [0.2, 0.25) is 0 Å². The van der Waals surface area contributed by atoms with Crippen LogP contribution in [0.25, 0.3) is 11.3 Å². The van der Waals surface area contributed by atoms with Crippen LogP contribution in [0.1, 0.15) is 73.4 Å². The van der Waals surface area contributed by atoms with Gasteiger partial charge in [-0.2, -0.15) is 23.4 Å². The number of aryl methyl sites for hydroxylation is 1. The van der Waals surface area contributed by atoms with Gasteiger partial charge >= 0.3 is 6.18 Å². The molecule has 0 saturated carbocycles. The fraction of sp³-hybridized carbons (Fsp3) is 0.480. The standard InChI is InChI=1S/C25H25F6N5O/c1-24(2,3)36-22(25(29,30)31)15(11-32-36)23(37)35-13-6-5-7-18(35)20-14(10-13)21(34(4)33-20)12-8-16(26)19(28)17(27)9-12/h8-9,11,13,18H,5-7,10H2,1-4H3/t13-,18-/m1/s1. The van der Waals surface area contributed by atoms with Crippen LogP contribution in [0.5, 0.6) is 0 Å². The Morgan fingerprint density at radius 2 is 1.70 bits per heavy atom. The summed E-state index contributed by atoms with van der Waals surface area (Å²) in [5, 5.41) is 8.43. The maximum Gasteiger partial charge on any atom is 0.433 e. The van der Waals surface area contributed by atoms with Crippen molar-refractivity contribution in [2.24, 2.45) is 7.05 Å². The number of fused-ring (bicyclic) bond motifs is 4. The molecule has 0 spiro atoms. The van der Waals surface area contributed by atoms with E-state index in [0.717, 1.165) is 29.4 Å². The first kappa shape index (κ1) is 25.3. The molecule has 6 nitrogen and oxygen atoms in total. The van der Waals surface area contributed by atoms with Crippen molar-refractivity contribution >= 4 is 5.91 Å². The van der Waals surface area contributed by atoms with Crippen LogP contribution in [0, 0.1) is 17.5 Å². The lowest BCUT2D eigenvalue weighted by atomic mass is 9.81. The quantitative estimate of drug-likeness (QED) is 0.316. The average molecular weight is 525 g/mol. The van der Waals surface area contributed by atoms with Gasteiger partial charge in [0.2, 0.25) is 0 Å². The third-order valence-corrected chi connectivity index (χ3v) is 7.07. The first-order chi connectivity index (χ1) is 17.2. The summed E-state index contributed by atoms with van der Waals surface area (Å²) in [5.41, 5.74) is -1.06. The number of aromatic nitrogens is 4. The predicted octanol–water partition coefficient (Wildman–Crippen LogP) is 5.77. The minimum atomic E-state index is -4.81. The van der Waals surface area contributed by atoms with Gasteiger partial charge in [-0.1, -0.05) is 0 Å². The molecule has 1 aromatic carbocycles. The monoisotopic (exact) mass is 525 g/mol. The fourth-order valence-corrected chi connectivity index (χ4v) is 5.63. The molecule has 1 fully saturated rings. The molecular formula is C25H25F6N5O. The van der Waals surface area contributed by atoms with Crippen molar-refractivity contribution in [1.29, 1.82) is 0 Å². The molecule has 198 valence electrons. The summed E-state index contributed by atoms with van der Waals surface area (Å²) in [6.07, 6.45) is -1.87. The second kappa shape index (κ2) is 8.35. The molecule has 2 aliphatic rings. The van der Waals surface area contributed by atoms with E-state index in [0.29, 0.717) is 29.8 Å². The van der Waals surface area contributed by atoms with Gasteiger partial charge < -0.3 is 4.90 Å². The number of halogens is 6. The maximum atomic E-state index is 14.1. The summed E-state index contributed by atoms with van der Waals surface area (Å²) in [4.78, 5) is 15.2. The second-order valence-corrected chi connectivity index (χ2v) is 10.6. The first-order valence-electron chi connectivity index (χ1n) is 11.9. The Labute approximate surface area is 208 Å². The van der Waals surface area contributed by atoms with Crippen molar-refractivity contribution in [3.8, 4) is 11.3 Å². The molecule has 1 amide bonds. The van der Waals surface area contributed by atoms with Crippen LogP contribution < -0.4 is 0 Å². The Bertz CT molecular complexity index is 1380. The van der Waals surface area contributed by atoms with Gasteiger partial charge in [-0.05, 0) is 58.6 Å². The van der Waals surface area contributed by atoms with Crippen molar-refractivity contribution in [2.75, 3.05) is 0 Å². The lowest BCUT2D eigenvalue weighted by molar-refractivity contribution is -0.146. The van der Waals surface area contributed by atoms with Crippen LogP contribution in [-0.4, -0.2) is 36.4 Å². The van der Waals surface area contributed by atoms with E-state index >= 15 is 0 Å². The zero-order valence-electron chi connectivity index (χ0n) is 20.6. The van der Waals surface area contributed by atoms with Crippen molar-refractivity contribution < 1.29 is 31.1 Å². The Balaban J connectivity index is 1.60. The molecule has 0 radical (unpaired) electrons. The van der Waals surface area contributed by atoms with Crippen molar-refractivity contribution in [1.82, 2.24) is 24.5 Å². The van der Waals surface area contributed by atoms with Gasteiger partial charge in [0.25, 0.3) is 5.91 Å². The summed E-state index contributed by atoms with van der Waals surface area (Å²) in [7, 11) is 1.57. The molecule has 1 saturated heterocycles. The highest BCUT2D eigenvalue weighted by atomic mass is 19.4. The molecule has 2 bridgehead atoms. The molecule has 0 unspecified atom stereocenters. The summed E-state index contributed by atoms with van der Waals surface area (Å²) < 4.78 is 86.2. The number of amides is 1. The lowest BCUT2D eigenvalue weighted by Crippen LogP contribution is -2.50. The molecule has 2 atom stereocenters. The molecule has 2 aromatic heterocycles. The maximum absolute atomic E-state index is 14.1. The van der Waals surface area contributed by atoms with E-state index < -0.39 is 58.4 Å². The zero-order chi connectivity index (χ0) is 27.0. The van der Waals surface area contributed by atoms with Gasteiger partial charge in [0.15, 0.2) is 23.1 Å². The van der Waals surface area contributed by atoms with Crippen LogP contribution in [0.15, 0.2) is 18.3 Å². The number of nitrogens with zero attached hydrogens (tertiary/aromatic N) is 5. The molecule has 2 aliphatic heterocycles. The number of alkyl halides is 3. The highest BCUT2D eigenvalue weighted by molar-refractivity contribution is 5.96. The van der Waals surface area contributed by atoms with Crippen LogP contribution in [-0.2, 0) is 25.2 Å². The van der Waals surface area contributed by atoms with E-state index in [9.17, 15) is 31.1 Å². The SMILES string of the molecule is Cn1nc2c(c1-c1cc(F)c(F)c(F)c1)C[C@H]1CCC[C@H]2N1C(=O)c1cnn(C(C)(C)C)c1C(F)(F)F. The van der Waals surface area contributed by atoms with Gasteiger partial charge in [-0.15, -0.1) is 0 Å².